The predicted molar refractivity (Wildman–Crippen MR) is 107 cm³/mol. The van der Waals surface area contributed by atoms with E-state index >= 15 is 0 Å². The van der Waals surface area contributed by atoms with E-state index in [0.29, 0.717) is 18.8 Å². The summed E-state index contributed by atoms with van der Waals surface area (Å²) in [7, 11) is 0. The zero-order chi connectivity index (χ0) is 22.0. The highest BCUT2D eigenvalue weighted by Gasteiger charge is 2.31. The Kier molecular flexibility index (Phi) is 10.6. The van der Waals surface area contributed by atoms with E-state index in [0.717, 1.165) is 25.7 Å². The zero-order valence-corrected chi connectivity index (χ0v) is 17.4. The van der Waals surface area contributed by atoms with Crippen LogP contribution in [0.5, 0.6) is 0 Å². The molecule has 0 aliphatic heterocycles. The molecule has 1 rings (SSSR count). The fourth-order valence-corrected chi connectivity index (χ4v) is 3.64. The topological polar surface area (TPSA) is 159 Å². The molecule has 9 heteroatoms. The van der Waals surface area contributed by atoms with E-state index in [-0.39, 0.29) is 18.8 Å². The molecule has 0 aromatic rings. The van der Waals surface area contributed by atoms with Gasteiger partial charge in [0.2, 0.25) is 11.8 Å². The summed E-state index contributed by atoms with van der Waals surface area (Å²) >= 11 is 0. The third kappa shape index (κ3) is 8.81. The van der Waals surface area contributed by atoms with Crippen molar-refractivity contribution in [3.63, 3.8) is 0 Å². The number of rotatable bonds is 12. The summed E-state index contributed by atoms with van der Waals surface area (Å²) in [6.45, 7) is 3.50. The smallest absolute Gasteiger partial charge is 0.326 e. The molecule has 0 aromatic carbocycles. The Bertz CT molecular complexity index is 577. The predicted octanol–water partition coefficient (Wildman–Crippen LogP) is 1.25. The molecule has 0 spiro atoms. The lowest BCUT2D eigenvalue weighted by Gasteiger charge is -2.27. The van der Waals surface area contributed by atoms with Crippen LogP contribution in [0.1, 0.15) is 71.6 Å². The Morgan fingerprint density at radius 2 is 1.66 bits per heavy atom. The van der Waals surface area contributed by atoms with E-state index in [1.165, 1.54) is 6.42 Å². The van der Waals surface area contributed by atoms with Crippen molar-refractivity contribution in [1.82, 2.24) is 10.6 Å². The first-order valence-corrected chi connectivity index (χ1v) is 10.5. The molecule has 1 fully saturated rings. The number of nitrogens with one attached hydrogen (secondary N) is 2. The van der Waals surface area contributed by atoms with Crippen molar-refractivity contribution in [3.05, 3.63) is 0 Å². The van der Waals surface area contributed by atoms with Gasteiger partial charge >= 0.3 is 11.9 Å². The summed E-state index contributed by atoms with van der Waals surface area (Å²) in [6, 6.07) is -3.06. The van der Waals surface area contributed by atoms with Gasteiger partial charge in [-0.05, 0) is 24.7 Å². The molecule has 1 saturated carbocycles. The SMILES string of the molecule is CC[C@H](C)[C@@H](NC(=O)[C@@H](CCC(=O)O)NC(=O)[C@H](N)CC1CCCCC1)C(=O)O. The van der Waals surface area contributed by atoms with E-state index in [9.17, 15) is 24.3 Å². The standard InChI is InChI=1S/C20H35N3O6/c1-3-12(2)17(20(28)29)23-19(27)15(9-10-16(24)25)22-18(26)14(21)11-13-7-5-4-6-8-13/h12-15,17H,3-11,21H2,1-2H3,(H,22,26)(H,23,27)(H,24,25)(H,28,29)/t12-,14+,15+,17+/m0/s1. The summed E-state index contributed by atoms with van der Waals surface area (Å²) < 4.78 is 0. The summed E-state index contributed by atoms with van der Waals surface area (Å²) in [5, 5.41) is 23.3. The Morgan fingerprint density at radius 3 is 2.17 bits per heavy atom. The third-order valence-corrected chi connectivity index (χ3v) is 5.71. The number of aliphatic carboxylic acids is 2. The number of carbonyl (C=O) groups excluding carboxylic acids is 2. The molecule has 0 aromatic heterocycles. The molecule has 0 unspecified atom stereocenters. The zero-order valence-electron chi connectivity index (χ0n) is 17.4. The number of hydrogen-bond acceptors (Lipinski definition) is 5. The van der Waals surface area contributed by atoms with Crippen LogP contribution < -0.4 is 16.4 Å². The van der Waals surface area contributed by atoms with Crippen molar-refractivity contribution in [2.24, 2.45) is 17.6 Å². The van der Waals surface area contributed by atoms with Gasteiger partial charge in [-0.15, -0.1) is 0 Å². The molecule has 0 saturated heterocycles. The number of carboxylic acid groups (broad SMARTS) is 2. The van der Waals surface area contributed by atoms with E-state index in [4.69, 9.17) is 10.8 Å². The van der Waals surface area contributed by atoms with Crippen LogP contribution in [0.25, 0.3) is 0 Å². The van der Waals surface area contributed by atoms with Gasteiger partial charge in [0.1, 0.15) is 12.1 Å². The average Bonchev–Trinajstić information content (AvgIpc) is 2.68. The Labute approximate surface area is 171 Å². The molecule has 1 aliphatic carbocycles. The first-order valence-electron chi connectivity index (χ1n) is 10.5. The van der Waals surface area contributed by atoms with Gasteiger partial charge in [0.15, 0.2) is 0 Å². The second-order valence-electron chi connectivity index (χ2n) is 8.05. The lowest BCUT2D eigenvalue weighted by atomic mass is 9.85. The van der Waals surface area contributed by atoms with Crippen molar-refractivity contribution in [2.45, 2.75) is 89.8 Å². The van der Waals surface area contributed by atoms with Gasteiger partial charge in [-0.2, -0.15) is 0 Å². The summed E-state index contributed by atoms with van der Waals surface area (Å²) in [5.74, 6) is -3.46. The van der Waals surface area contributed by atoms with Crippen LogP contribution in [0.4, 0.5) is 0 Å². The molecule has 29 heavy (non-hydrogen) atoms. The van der Waals surface area contributed by atoms with Crippen molar-refractivity contribution in [2.75, 3.05) is 0 Å². The molecule has 0 heterocycles. The molecule has 0 bridgehead atoms. The van der Waals surface area contributed by atoms with Gasteiger partial charge in [-0.3, -0.25) is 14.4 Å². The molecular weight excluding hydrogens is 378 g/mol. The van der Waals surface area contributed by atoms with Gasteiger partial charge in [-0.1, -0.05) is 52.4 Å². The van der Waals surface area contributed by atoms with E-state index in [1.54, 1.807) is 13.8 Å². The minimum atomic E-state index is -1.18. The largest absolute Gasteiger partial charge is 0.481 e. The summed E-state index contributed by atoms with van der Waals surface area (Å²) in [6.07, 6.45) is 6.06. The Hall–Kier alpha value is -2.16. The maximum atomic E-state index is 12.6. The average molecular weight is 414 g/mol. The quantitative estimate of drug-likeness (QED) is 0.322. The maximum Gasteiger partial charge on any atom is 0.326 e. The van der Waals surface area contributed by atoms with Crippen LogP contribution in [0.3, 0.4) is 0 Å². The number of nitrogens with two attached hydrogens (primary N) is 1. The number of carboxylic acids is 2. The fraction of sp³-hybridized carbons (Fsp3) is 0.800. The first-order chi connectivity index (χ1) is 13.6. The monoisotopic (exact) mass is 413 g/mol. The van der Waals surface area contributed by atoms with Crippen LogP contribution in [0.2, 0.25) is 0 Å². The third-order valence-electron chi connectivity index (χ3n) is 5.71. The van der Waals surface area contributed by atoms with E-state index in [2.05, 4.69) is 10.6 Å². The minimum absolute atomic E-state index is 0.143. The Balaban J connectivity index is 2.76. The second kappa shape index (κ2) is 12.4. The molecule has 0 radical (unpaired) electrons. The van der Waals surface area contributed by atoms with Gasteiger partial charge in [0, 0.05) is 6.42 Å². The molecular formula is C20H35N3O6. The molecule has 9 nitrogen and oxygen atoms in total. The summed E-state index contributed by atoms with van der Waals surface area (Å²) in [4.78, 5) is 47.5. The molecule has 2 amide bonds. The minimum Gasteiger partial charge on any atom is -0.481 e. The van der Waals surface area contributed by atoms with Gasteiger partial charge in [0.25, 0.3) is 0 Å². The van der Waals surface area contributed by atoms with Crippen molar-refractivity contribution in [1.29, 1.82) is 0 Å². The van der Waals surface area contributed by atoms with Gasteiger partial charge < -0.3 is 26.6 Å². The van der Waals surface area contributed by atoms with Gasteiger partial charge in [-0.25, -0.2) is 4.79 Å². The van der Waals surface area contributed by atoms with Crippen LogP contribution >= 0.6 is 0 Å². The first kappa shape index (κ1) is 24.9. The van der Waals surface area contributed by atoms with Crippen molar-refractivity contribution in [3.8, 4) is 0 Å². The normalized spacial score (nSPS) is 18.9. The van der Waals surface area contributed by atoms with E-state index in [1.807, 2.05) is 0 Å². The Morgan fingerprint density at radius 1 is 1.03 bits per heavy atom. The second-order valence-corrected chi connectivity index (χ2v) is 8.05. The summed E-state index contributed by atoms with van der Waals surface area (Å²) in [5.41, 5.74) is 6.02. The highest BCUT2D eigenvalue weighted by molar-refractivity contribution is 5.92. The van der Waals surface area contributed by atoms with Crippen molar-refractivity contribution < 1.29 is 29.4 Å². The lowest BCUT2D eigenvalue weighted by molar-refractivity contribution is -0.144. The highest BCUT2D eigenvalue weighted by Crippen LogP contribution is 2.27. The van der Waals surface area contributed by atoms with Crippen LogP contribution in [-0.2, 0) is 19.2 Å². The number of carbonyl (C=O) groups is 4. The van der Waals surface area contributed by atoms with E-state index < -0.39 is 41.9 Å². The molecule has 166 valence electrons. The van der Waals surface area contributed by atoms with Crippen LogP contribution in [-0.4, -0.2) is 52.1 Å². The maximum absolute atomic E-state index is 12.6. The van der Waals surface area contributed by atoms with Crippen LogP contribution in [0.15, 0.2) is 0 Å². The number of amides is 2. The molecule has 1 aliphatic rings. The van der Waals surface area contributed by atoms with Crippen molar-refractivity contribution >= 4 is 23.8 Å². The number of hydrogen-bond donors (Lipinski definition) is 5. The fourth-order valence-electron chi connectivity index (χ4n) is 3.64. The molecule has 4 atom stereocenters. The van der Waals surface area contributed by atoms with Gasteiger partial charge in [0.05, 0.1) is 6.04 Å². The lowest BCUT2D eigenvalue weighted by Crippen LogP contribution is -2.55. The van der Waals surface area contributed by atoms with Crippen LogP contribution in [0, 0.1) is 11.8 Å². The molecule has 6 N–H and O–H groups in total. The highest BCUT2D eigenvalue weighted by atomic mass is 16.4.